The largest absolute Gasteiger partial charge is 0.431 e. The summed E-state index contributed by atoms with van der Waals surface area (Å²) in [5.41, 5.74) is 14.0. The molecule has 0 aliphatic carbocycles. The van der Waals surface area contributed by atoms with Gasteiger partial charge >= 0.3 is 11.9 Å². The van der Waals surface area contributed by atoms with E-state index in [9.17, 15) is 9.59 Å². The smallest absolute Gasteiger partial charge is 0.419 e. The average Bonchev–Trinajstić information content (AvgIpc) is 3.12. The molecule has 6 aromatic carbocycles. The number of aryl methyl sites for hydroxylation is 2. The molecule has 0 aliphatic rings. The summed E-state index contributed by atoms with van der Waals surface area (Å²) < 4.78 is 11.6. The van der Waals surface area contributed by atoms with Crippen molar-refractivity contribution >= 4 is 33.5 Å². The van der Waals surface area contributed by atoms with Crippen LogP contribution in [-0.2, 0) is 43.4 Å². The topological polar surface area (TPSA) is 105 Å². The molecule has 48 heavy (non-hydrogen) atoms. The number of carbonyl (C=O) groups is 2. The van der Waals surface area contributed by atoms with E-state index in [1.54, 1.807) is 24.3 Å². The van der Waals surface area contributed by atoms with Gasteiger partial charge in [-0.3, -0.25) is 11.5 Å². The molecule has 0 amide bonds. The second-order valence-corrected chi connectivity index (χ2v) is 12.3. The van der Waals surface area contributed by atoms with Crippen molar-refractivity contribution in [2.45, 2.75) is 50.0 Å². The van der Waals surface area contributed by atoms with Crippen molar-refractivity contribution in [1.82, 2.24) is 0 Å². The fraction of sp³-hybridized carbons (Fsp3) is 0.190. The predicted octanol–water partition coefficient (Wildman–Crippen LogP) is 8.05. The Labute approximate surface area is 281 Å². The molecule has 0 bridgehead atoms. The molecular formula is C42H40N2O4. The Hall–Kier alpha value is -5.30. The minimum Gasteiger partial charge on any atom is -0.431 e. The van der Waals surface area contributed by atoms with Crippen LogP contribution in [0.2, 0.25) is 0 Å². The minimum atomic E-state index is -1.56. The molecule has 6 aromatic rings. The molecule has 6 nitrogen and oxygen atoms in total. The molecule has 2 unspecified atom stereocenters. The van der Waals surface area contributed by atoms with Gasteiger partial charge < -0.3 is 9.47 Å². The quantitative estimate of drug-likeness (QED) is 0.0800. The van der Waals surface area contributed by atoms with Crippen LogP contribution >= 0.6 is 0 Å². The van der Waals surface area contributed by atoms with Crippen LogP contribution in [0.1, 0.15) is 47.9 Å². The first kappa shape index (κ1) is 32.6. The Morgan fingerprint density at radius 3 is 1.23 bits per heavy atom. The third-order valence-corrected chi connectivity index (χ3v) is 8.99. The fourth-order valence-corrected chi connectivity index (χ4v) is 6.47. The lowest BCUT2D eigenvalue weighted by molar-refractivity contribution is -0.188. The first-order valence-electron chi connectivity index (χ1n) is 16.4. The molecule has 4 N–H and O–H groups in total. The van der Waals surface area contributed by atoms with Gasteiger partial charge in [-0.05, 0) is 58.4 Å². The van der Waals surface area contributed by atoms with E-state index < -0.39 is 23.4 Å². The number of hydrogen-bond donors (Lipinski definition) is 2. The third-order valence-electron chi connectivity index (χ3n) is 8.99. The molecule has 0 heterocycles. The molecule has 242 valence electrons. The first-order valence-corrected chi connectivity index (χ1v) is 16.4. The van der Waals surface area contributed by atoms with Gasteiger partial charge in [-0.2, -0.15) is 0 Å². The van der Waals surface area contributed by atoms with Crippen molar-refractivity contribution in [3.05, 3.63) is 168 Å². The summed E-state index contributed by atoms with van der Waals surface area (Å²) in [6.07, 6.45) is 3.23. The second-order valence-electron chi connectivity index (χ2n) is 12.3. The molecular weight excluding hydrogens is 596 g/mol. The number of nitrogens with two attached hydrogens (primary N) is 2. The monoisotopic (exact) mass is 636 g/mol. The molecule has 0 fully saturated rings. The van der Waals surface area contributed by atoms with Crippen molar-refractivity contribution in [2.75, 3.05) is 0 Å². The molecule has 6 rings (SSSR count). The maximum absolute atomic E-state index is 13.5. The normalized spacial score (nSPS) is 13.8. The zero-order valence-corrected chi connectivity index (χ0v) is 26.9. The van der Waals surface area contributed by atoms with Gasteiger partial charge in [0.25, 0.3) is 0 Å². The lowest BCUT2D eigenvalue weighted by Crippen LogP contribution is -2.47. The van der Waals surface area contributed by atoms with E-state index >= 15 is 0 Å². The molecule has 0 spiro atoms. The molecule has 0 aromatic heterocycles. The SMILES string of the molecule is NC(CCCc1cccc2ccccc12)(OC(=O)C(=O)OC(N)(CCCc1cccc2ccccc12)c1ccccc1)c1ccccc1. The number of ether oxygens (including phenoxy) is 2. The number of esters is 2. The van der Waals surface area contributed by atoms with Crippen molar-refractivity contribution in [2.24, 2.45) is 11.5 Å². The van der Waals surface area contributed by atoms with Crippen LogP contribution in [-0.4, -0.2) is 11.9 Å². The lowest BCUT2D eigenvalue weighted by Gasteiger charge is -2.32. The molecule has 0 aliphatic heterocycles. The van der Waals surface area contributed by atoms with E-state index in [1.165, 1.54) is 21.9 Å². The number of rotatable bonds is 12. The average molecular weight is 637 g/mol. The van der Waals surface area contributed by atoms with Crippen molar-refractivity contribution in [1.29, 1.82) is 0 Å². The molecule has 0 saturated heterocycles. The molecule has 2 atom stereocenters. The number of benzene rings is 6. The van der Waals surface area contributed by atoms with Gasteiger partial charge in [-0.15, -0.1) is 0 Å². The highest BCUT2D eigenvalue weighted by Crippen LogP contribution is 2.31. The predicted molar refractivity (Wildman–Crippen MR) is 191 cm³/mol. The Bertz CT molecular complexity index is 1860. The van der Waals surface area contributed by atoms with E-state index in [2.05, 4.69) is 48.5 Å². The Kier molecular flexibility index (Phi) is 9.95. The maximum atomic E-state index is 13.5. The van der Waals surface area contributed by atoms with E-state index in [-0.39, 0.29) is 12.8 Å². The van der Waals surface area contributed by atoms with Crippen LogP contribution in [0.4, 0.5) is 0 Å². The van der Waals surface area contributed by atoms with Gasteiger partial charge in [0, 0.05) is 24.0 Å². The van der Waals surface area contributed by atoms with Gasteiger partial charge in [0.05, 0.1) is 0 Å². The summed E-state index contributed by atoms with van der Waals surface area (Å²) in [6.45, 7) is 0. The standard InChI is InChI=1S/C42H40N2O4/c43-41(35-23-3-1-4-24-35,29-13-21-33-19-11-17-31-15-7-9-27-37(31)33)47-39(45)40(46)48-42(44,36-25-5-2-6-26-36)30-14-22-34-20-12-18-32-16-8-10-28-38(32)34/h1-12,15-20,23-28H,13-14,21-22,29-30,43-44H2. The zero-order valence-electron chi connectivity index (χ0n) is 26.9. The number of carbonyl (C=O) groups excluding carboxylic acids is 2. The van der Waals surface area contributed by atoms with Crippen LogP contribution in [0, 0.1) is 0 Å². The van der Waals surface area contributed by atoms with Crippen LogP contribution in [0.25, 0.3) is 21.5 Å². The van der Waals surface area contributed by atoms with Crippen molar-refractivity contribution in [3.63, 3.8) is 0 Å². The number of fused-ring (bicyclic) bond motifs is 2. The highest BCUT2D eigenvalue weighted by atomic mass is 16.6. The van der Waals surface area contributed by atoms with Gasteiger partial charge in [-0.25, -0.2) is 9.59 Å². The van der Waals surface area contributed by atoms with Crippen LogP contribution in [0.3, 0.4) is 0 Å². The summed E-state index contributed by atoms with van der Waals surface area (Å²) in [6, 6.07) is 47.0. The van der Waals surface area contributed by atoms with Crippen LogP contribution in [0.15, 0.2) is 146 Å². The molecule has 6 heteroatoms. The summed E-state index contributed by atoms with van der Waals surface area (Å²) in [7, 11) is 0. The summed E-state index contributed by atoms with van der Waals surface area (Å²) in [5.74, 6) is -2.38. The highest BCUT2D eigenvalue weighted by molar-refractivity contribution is 6.29. The van der Waals surface area contributed by atoms with E-state index in [4.69, 9.17) is 20.9 Å². The summed E-state index contributed by atoms with van der Waals surface area (Å²) >= 11 is 0. The first-order chi connectivity index (χ1) is 23.3. The zero-order chi connectivity index (χ0) is 33.4. The van der Waals surface area contributed by atoms with E-state index in [0.29, 0.717) is 36.8 Å². The van der Waals surface area contributed by atoms with Gasteiger partial charge in [0.15, 0.2) is 11.4 Å². The Morgan fingerprint density at radius 1 is 0.458 bits per heavy atom. The second kappa shape index (κ2) is 14.6. The molecule has 0 saturated carbocycles. The summed E-state index contributed by atoms with van der Waals surface area (Å²) in [5, 5.41) is 4.66. The Balaban J connectivity index is 1.17. The number of hydrogen-bond acceptors (Lipinski definition) is 6. The van der Waals surface area contributed by atoms with E-state index in [0.717, 1.165) is 10.8 Å². The molecule has 0 radical (unpaired) electrons. The minimum absolute atomic E-state index is 0.288. The summed E-state index contributed by atoms with van der Waals surface area (Å²) in [4.78, 5) is 26.9. The van der Waals surface area contributed by atoms with Crippen LogP contribution in [0.5, 0.6) is 0 Å². The van der Waals surface area contributed by atoms with Crippen LogP contribution < -0.4 is 11.5 Å². The van der Waals surface area contributed by atoms with Crippen molar-refractivity contribution < 1.29 is 19.1 Å². The van der Waals surface area contributed by atoms with Crippen molar-refractivity contribution in [3.8, 4) is 0 Å². The maximum Gasteiger partial charge on any atom is 0.419 e. The third kappa shape index (κ3) is 7.46. The van der Waals surface area contributed by atoms with E-state index in [1.807, 2.05) is 72.8 Å². The van der Waals surface area contributed by atoms with Gasteiger partial charge in [0.1, 0.15) is 0 Å². The van der Waals surface area contributed by atoms with Gasteiger partial charge in [-0.1, -0.05) is 146 Å². The fourth-order valence-electron chi connectivity index (χ4n) is 6.47. The highest BCUT2D eigenvalue weighted by Gasteiger charge is 2.39. The van der Waals surface area contributed by atoms with Gasteiger partial charge in [0.2, 0.25) is 0 Å². The lowest BCUT2D eigenvalue weighted by atomic mass is 9.94. The Morgan fingerprint density at radius 2 is 0.812 bits per heavy atom.